The molecular formula is C23H19FN2. The van der Waals surface area contributed by atoms with Crippen LogP contribution in [0.15, 0.2) is 60.7 Å². The van der Waals surface area contributed by atoms with Gasteiger partial charge in [0.1, 0.15) is 5.82 Å². The third-order valence-corrected chi connectivity index (χ3v) is 4.97. The van der Waals surface area contributed by atoms with E-state index in [1.807, 2.05) is 18.2 Å². The van der Waals surface area contributed by atoms with E-state index in [0.29, 0.717) is 11.1 Å². The average molecular weight is 342 g/mol. The molecule has 26 heavy (non-hydrogen) atoms. The molecule has 3 aromatic rings. The third-order valence-electron chi connectivity index (χ3n) is 4.97. The van der Waals surface area contributed by atoms with Crippen LogP contribution in [0.4, 0.5) is 10.1 Å². The lowest BCUT2D eigenvalue weighted by Crippen LogP contribution is -2.17. The van der Waals surface area contributed by atoms with Gasteiger partial charge in [0.05, 0.1) is 11.6 Å². The van der Waals surface area contributed by atoms with Crippen LogP contribution in [0, 0.1) is 17.1 Å². The molecule has 0 saturated carbocycles. The van der Waals surface area contributed by atoms with Gasteiger partial charge in [0.15, 0.2) is 0 Å². The van der Waals surface area contributed by atoms with Crippen molar-refractivity contribution < 1.29 is 4.39 Å². The van der Waals surface area contributed by atoms with E-state index in [1.54, 1.807) is 24.3 Å². The van der Waals surface area contributed by atoms with E-state index in [-0.39, 0.29) is 5.82 Å². The number of anilines is 1. The van der Waals surface area contributed by atoms with Crippen molar-refractivity contribution in [1.82, 2.24) is 0 Å². The molecule has 0 unspecified atom stereocenters. The second kappa shape index (κ2) is 7.01. The van der Waals surface area contributed by atoms with E-state index >= 15 is 0 Å². The van der Waals surface area contributed by atoms with E-state index in [2.05, 4.69) is 29.2 Å². The Morgan fingerprint density at radius 1 is 0.923 bits per heavy atom. The summed E-state index contributed by atoms with van der Waals surface area (Å²) in [5, 5.41) is 11.8. The van der Waals surface area contributed by atoms with E-state index in [1.165, 1.54) is 30.0 Å². The van der Waals surface area contributed by atoms with Gasteiger partial charge >= 0.3 is 0 Å². The Balaban J connectivity index is 1.86. The highest BCUT2D eigenvalue weighted by Gasteiger charge is 2.16. The van der Waals surface area contributed by atoms with Gasteiger partial charge in [-0.1, -0.05) is 48.5 Å². The van der Waals surface area contributed by atoms with Crippen LogP contribution in [-0.4, -0.2) is 13.1 Å². The average Bonchev–Trinajstić information content (AvgIpc) is 3.21. The van der Waals surface area contributed by atoms with Gasteiger partial charge in [0.25, 0.3) is 0 Å². The predicted octanol–water partition coefficient (Wildman–Crippen LogP) is 5.64. The minimum absolute atomic E-state index is 0.335. The molecule has 0 bridgehead atoms. The smallest absolute Gasteiger partial charge is 0.131 e. The molecule has 1 saturated heterocycles. The summed E-state index contributed by atoms with van der Waals surface area (Å²) in [5.41, 5.74) is 2.84. The molecule has 3 heteroatoms. The summed E-state index contributed by atoms with van der Waals surface area (Å²) in [6.45, 7) is 2.16. The Bertz CT molecular complexity index is 1020. The van der Waals surface area contributed by atoms with Gasteiger partial charge in [-0.05, 0) is 42.0 Å². The van der Waals surface area contributed by atoms with Crippen molar-refractivity contribution in [2.75, 3.05) is 18.0 Å². The summed E-state index contributed by atoms with van der Waals surface area (Å²) in [6, 6.07) is 20.9. The molecule has 3 aromatic carbocycles. The number of fused-ring (bicyclic) bond motifs is 1. The van der Waals surface area contributed by atoms with Gasteiger partial charge < -0.3 is 4.90 Å². The van der Waals surface area contributed by atoms with Gasteiger partial charge in [-0.2, -0.15) is 5.26 Å². The molecule has 4 rings (SSSR count). The number of hydrogen-bond acceptors (Lipinski definition) is 2. The van der Waals surface area contributed by atoms with Crippen molar-refractivity contribution in [3.05, 3.63) is 77.6 Å². The quantitative estimate of drug-likeness (QED) is 0.455. The van der Waals surface area contributed by atoms with Gasteiger partial charge in [-0.15, -0.1) is 0 Å². The molecule has 128 valence electrons. The van der Waals surface area contributed by atoms with E-state index in [0.717, 1.165) is 24.0 Å². The van der Waals surface area contributed by atoms with Crippen molar-refractivity contribution in [1.29, 1.82) is 5.26 Å². The second-order valence-corrected chi connectivity index (χ2v) is 6.56. The molecule has 0 amide bonds. The third kappa shape index (κ3) is 2.95. The number of hydrogen-bond donors (Lipinski definition) is 0. The maximum atomic E-state index is 14.1. The lowest BCUT2D eigenvalue weighted by Gasteiger charge is -2.20. The standard InChI is InChI=1S/C23H19FN2/c24-22-10-4-3-8-20(22)18(16-25)15-17-11-12-23(26-13-5-6-14-26)21-9-2-1-7-19(17)21/h1-4,7-12,15H,5-6,13-14H2. The first-order chi connectivity index (χ1) is 12.8. The number of benzene rings is 3. The lowest BCUT2D eigenvalue weighted by molar-refractivity contribution is 0.624. The summed E-state index contributed by atoms with van der Waals surface area (Å²) in [4.78, 5) is 2.41. The highest BCUT2D eigenvalue weighted by Crippen LogP contribution is 2.33. The van der Waals surface area contributed by atoms with Gasteiger partial charge in [0.2, 0.25) is 0 Å². The van der Waals surface area contributed by atoms with E-state index in [9.17, 15) is 9.65 Å². The predicted molar refractivity (Wildman–Crippen MR) is 105 cm³/mol. The van der Waals surface area contributed by atoms with Crippen LogP contribution in [-0.2, 0) is 0 Å². The van der Waals surface area contributed by atoms with E-state index < -0.39 is 0 Å². The van der Waals surface area contributed by atoms with Crippen LogP contribution >= 0.6 is 0 Å². The highest BCUT2D eigenvalue weighted by atomic mass is 19.1. The first-order valence-corrected chi connectivity index (χ1v) is 8.91. The van der Waals surface area contributed by atoms with Crippen molar-refractivity contribution >= 4 is 28.1 Å². The second-order valence-electron chi connectivity index (χ2n) is 6.56. The zero-order valence-corrected chi connectivity index (χ0v) is 14.5. The van der Waals surface area contributed by atoms with Crippen LogP contribution in [0.3, 0.4) is 0 Å². The summed E-state index contributed by atoms with van der Waals surface area (Å²) in [6.07, 6.45) is 4.23. The van der Waals surface area contributed by atoms with E-state index in [4.69, 9.17) is 0 Å². The maximum Gasteiger partial charge on any atom is 0.131 e. The monoisotopic (exact) mass is 342 g/mol. The Morgan fingerprint density at radius 2 is 1.62 bits per heavy atom. The van der Waals surface area contributed by atoms with Crippen LogP contribution < -0.4 is 4.90 Å². The lowest BCUT2D eigenvalue weighted by atomic mass is 9.98. The Labute approximate surface area is 152 Å². The fourth-order valence-electron chi connectivity index (χ4n) is 3.67. The molecule has 0 radical (unpaired) electrons. The SMILES string of the molecule is N#CC(=Cc1ccc(N2CCCC2)c2ccccc12)c1ccccc1F. The summed E-state index contributed by atoms with van der Waals surface area (Å²) < 4.78 is 14.1. The first-order valence-electron chi connectivity index (χ1n) is 8.91. The van der Waals surface area contributed by atoms with Crippen LogP contribution in [0.2, 0.25) is 0 Å². The van der Waals surface area contributed by atoms with Crippen molar-refractivity contribution in [3.63, 3.8) is 0 Å². The first kappa shape index (κ1) is 16.4. The van der Waals surface area contributed by atoms with Gasteiger partial charge in [0, 0.05) is 29.7 Å². The molecule has 0 N–H and O–H groups in total. The minimum atomic E-state index is -0.377. The number of halogens is 1. The molecule has 1 aliphatic rings. The zero-order valence-electron chi connectivity index (χ0n) is 14.5. The van der Waals surface area contributed by atoms with Crippen molar-refractivity contribution in [2.24, 2.45) is 0 Å². The number of rotatable bonds is 3. The Hall–Kier alpha value is -3.12. The molecule has 1 fully saturated rings. The van der Waals surface area contributed by atoms with Crippen molar-refractivity contribution in [3.8, 4) is 6.07 Å². The fourth-order valence-corrected chi connectivity index (χ4v) is 3.67. The number of allylic oxidation sites excluding steroid dienone is 1. The zero-order chi connectivity index (χ0) is 17.9. The largest absolute Gasteiger partial charge is 0.371 e. The molecule has 2 nitrogen and oxygen atoms in total. The summed E-state index contributed by atoms with van der Waals surface area (Å²) in [5.74, 6) is -0.377. The number of nitrogens with zero attached hydrogens (tertiary/aromatic N) is 2. The van der Waals surface area contributed by atoms with Crippen molar-refractivity contribution in [2.45, 2.75) is 12.8 Å². The normalized spacial score (nSPS) is 14.6. The molecule has 1 aliphatic heterocycles. The minimum Gasteiger partial charge on any atom is -0.371 e. The van der Waals surface area contributed by atoms with Crippen LogP contribution in [0.25, 0.3) is 22.4 Å². The van der Waals surface area contributed by atoms with Crippen LogP contribution in [0.1, 0.15) is 24.0 Å². The van der Waals surface area contributed by atoms with Crippen LogP contribution in [0.5, 0.6) is 0 Å². The Morgan fingerprint density at radius 3 is 2.35 bits per heavy atom. The molecular weight excluding hydrogens is 323 g/mol. The Kier molecular flexibility index (Phi) is 4.41. The molecule has 1 heterocycles. The summed E-state index contributed by atoms with van der Waals surface area (Å²) >= 11 is 0. The molecule has 0 aliphatic carbocycles. The van der Waals surface area contributed by atoms with Gasteiger partial charge in [-0.25, -0.2) is 4.39 Å². The van der Waals surface area contributed by atoms with Gasteiger partial charge in [-0.3, -0.25) is 0 Å². The highest BCUT2D eigenvalue weighted by molar-refractivity contribution is 6.03. The maximum absolute atomic E-state index is 14.1. The molecule has 0 spiro atoms. The molecule has 0 aromatic heterocycles. The number of nitriles is 1. The molecule has 0 atom stereocenters. The topological polar surface area (TPSA) is 27.0 Å². The summed E-state index contributed by atoms with van der Waals surface area (Å²) in [7, 11) is 0. The fraction of sp³-hybridized carbons (Fsp3) is 0.174.